The maximum absolute atomic E-state index is 13.4. The van der Waals surface area contributed by atoms with Crippen molar-refractivity contribution in [1.29, 1.82) is 0 Å². The maximum Gasteiger partial charge on any atom is 0.287 e. The third-order valence-electron chi connectivity index (χ3n) is 4.99. The molecule has 0 aliphatic carbocycles. The van der Waals surface area contributed by atoms with Crippen LogP contribution >= 0.6 is 0 Å². The first kappa shape index (κ1) is 19.4. The number of aromatic nitrogens is 3. The first-order chi connectivity index (χ1) is 14.4. The van der Waals surface area contributed by atoms with E-state index in [2.05, 4.69) is 9.97 Å². The molecule has 1 saturated heterocycles. The van der Waals surface area contributed by atoms with Crippen molar-refractivity contribution in [3.8, 4) is 0 Å². The van der Waals surface area contributed by atoms with Gasteiger partial charge >= 0.3 is 0 Å². The lowest BCUT2D eigenvalue weighted by molar-refractivity contribution is -0.385. The summed E-state index contributed by atoms with van der Waals surface area (Å²) in [6.45, 7) is 1.66. The summed E-state index contributed by atoms with van der Waals surface area (Å²) < 4.78 is 14.6. The molecule has 0 N–H and O–H groups in total. The van der Waals surface area contributed by atoms with Gasteiger partial charge in [-0.25, -0.2) is 14.4 Å². The van der Waals surface area contributed by atoms with E-state index in [9.17, 15) is 24.1 Å². The molecule has 0 spiro atoms. The van der Waals surface area contributed by atoms with Crippen molar-refractivity contribution in [2.24, 2.45) is 0 Å². The number of benzene rings is 1. The summed E-state index contributed by atoms with van der Waals surface area (Å²) in [5.41, 5.74) is -0.183. The molecule has 0 bridgehead atoms. The van der Waals surface area contributed by atoms with Gasteiger partial charge in [0, 0.05) is 32.2 Å². The van der Waals surface area contributed by atoms with E-state index in [4.69, 9.17) is 0 Å². The quantitative estimate of drug-likeness (QED) is 0.467. The van der Waals surface area contributed by atoms with Gasteiger partial charge < -0.3 is 9.80 Å². The topological polar surface area (TPSA) is 114 Å². The second kappa shape index (κ2) is 7.85. The number of carbonyl (C=O) groups is 1. The zero-order valence-corrected chi connectivity index (χ0v) is 15.8. The molecule has 1 aromatic carbocycles. The number of nitrogens with zero attached hydrogens (tertiary/aromatic N) is 6. The van der Waals surface area contributed by atoms with Crippen LogP contribution in [0.5, 0.6) is 0 Å². The van der Waals surface area contributed by atoms with Crippen LogP contribution in [0, 0.1) is 15.9 Å². The smallest absolute Gasteiger partial charge is 0.287 e. The number of nitro groups is 1. The van der Waals surface area contributed by atoms with Gasteiger partial charge in [-0.05, 0) is 24.3 Å². The van der Waals surface area contributed by atoms with Crippen molar-refractivity contribution in [3.05, 3.63) is 69.1 Å². The molecule has 1 amide bonds. The van der Waals surface area contributed by atoms with E-state index in [1.165, 1.54) is 35.3 Å². The standard InChI is InChI=1S/C19H17FN6O4/c20-13-1-3-16-15(9-13)19(28)25(12-22-16)11-18(27)24-7-5-23(6-8-24)17-4-2-14(10-21-17)26(29)30/h1-4,9-10,12H,5-8,11H2. The number of pyridine rings is 1. The highest BCUT2D eigenvalue weighted by atomic mass is 19.1. The molecule has 1 aliphatic heterocycles. The highest BCUT2D eigenvalue weighted by molar-refractivity contribution is 5.79. The SMILES string of the molecule is O=C(Cn1cnc2ccc(F)cc2c1=O)N1CCN(c2ccc([N+](=O)[O-])cn2)CC1. The van der Waals surface area contributed by atoms with Gasteiger partial charge in [-0.2, -0.15) is 0 Å². The van der Waals surface area contributed by atoms with Gasteiger partial charge in [0.05, 0.1) is 22.2 Å². The van der Waals surface area contributed by atoms with Gasteiger partial charge in [0.1, 0.15) is 24.4 Å². The molecule has 3 aromatic rings. The van der Waals surface area contributed by atoms with E-state index in [0.717, 1.165) is 6.07 Å². The number of fused-ring (bicyclic) bond motifs is 1. The molecule has 3 heterocycles. The fourth-order valence-electron chi connectivity index (χ4n) is 3.35. The van der Waals surface area contributed by atoms with Crippen molar-refractivity contribution in [1.82, 2.24) is 19.4 Å². The highest BCUT2D eigenvalue weighted by Gasteiger charge is 2.23. The lowest BCUT2D eigenvalue weighted by Crippen LogP contribution is -2.50. The molecular weight excluding hydrogens is 395 g/mol. The second-order valence-electron chi connectivity index (χ2n) is 6.84. The normalized spacial score (nSPS) is 14.2. The summed E-state index contributed by atoms with van der Waals surface area (Å²) in [7, 11) is 0. The van der Waals surface area contributed by atoms with Crippen molar-refractivity contribution in [3.63, 3.8) is 0 Å². The molecule has 154 valence electrons. The van der Waals surface area contributed by atoms with E-state index < -0.39 is 16.3 Å². The highest BCUT2D eigenvalue weighted by Crippen LogP contribution is 2.17. The lowest BCUT2D eigenvalue weighted by atomic mass is 10.2. The zero-order chi connectivity index (χ0) is 21.3. The van der Waals surface area contributed by atoms with Gasteiger partial charge in [0.15, 0.2) is 0 Å². The van der Waals surface area contributed by atoms with Crippen LogP contribution < -0.4 is 10.5 Å². The van der Waals surface area contributed by atoms with Gasteiger partial charge in [-0.15, -0.1) is 0 Å². The van der Waals surface area contributed by atoms with Crippen molar-refractivity contribution in [2.45, 2.75) is 6.54 Å². The van der Waals surface area contributed by atoms with Gasteiger partial charge in [-0.3, -0.25) is 24.3 Å². The second-order valence-corrected chi connectivity index (χ2v) is 6.84. The van der Waals surface area contributed by atoms with E-state index >= 15 is 0 Å². The number of anilines is 1. The van der Waals surface area contributed by atoms with Crippen molar-refractivity contribution < 1.29 is 14.1 Å². The summed E-state index contributed by atoms with van der Waals surface area (Å²) in [6, 6.07) is 6.73. The van der Waals surface area contributed by atoms with Crippen LogP contribution in [0.15, 0.2) is 47.7 Å². The van der Waals surface area contributed by atoms with Gasteiger partial charge in [-0.1, -0.05) is 0 Å². The number of amides is 1. The third-order valence-corrected chi connectivity index (χ3v) is 4.99. The minimum Gasteiger partial charge on any atom is -0.353 e. The Morgan fingerprint density at radius 1 is 1.13 bits per heavy atom. The van der Waals surface area contributed by atoms with Crippen LogP contribution in [0.1, 0.15) is 0 Å². The number of carbonyl (C=O) groups excluding carboxylic acids is 1. The summed E-state index contributed by atoms with van der Waals surface area (Å²) in [4.78, 5) is 47.2. The number of halogens is 1. The number of piperazine rings is 1. The Balaban J connectivity index is 1.41. The fourth-order valence-corrected chi connectivity index (χ4v) is 3.35. The molecule has 11 heteroatoms. The van der Waals surface area contributed by atoms with E-state index in [1.807, 2.05) is 4.90 Å². The van der Waals surface area contributed by atoms with E-state index in [1.54, 1.807) is 11.0 Å². The molecule has 30 heavy (non-hydrogen) atoms. The van der Waals surface area contributed by atoms with Crippen LogP contribution in [-0.4, -0.2) is 56.4 Å². The molecule has 2 aromatic heterocycles. The van der Waals surface area contributed by atoms with Crippen LogP contribution in [0.2, 0.25) is 0 Å². The Labute approximate surface area is 169 Å². The Kier molecular flexibility index (Phi) is 5.09. The minimum atomic E-state index is -0.540. The minimum absolute atomic E-state index is 0.0816. The summed E-state index contributed by atoms with van der Waals surface area (Å²) in [5, 5.41) is 10.9. The fraction of sp³-hybridized carbons (Fsp3) is 0.263. The third kappa shape index (κ3) is 3.81. The summed E-state index contributed by atoms with van der Waals surface area (Å²) in [6.07, 6.45) is 2.49. The Morgan fingerprint density at radius 2 is 1.90 bits per heavy atom. The number of hydrogen-bond donors (Lipinski definition) is 0. The molecule has 10 nitrogen and oxygen atoms in total. The zero-order valence-electron chi connectivity index (χ0n) is 15.8. The predicted octanol–water partition coefficient (Wildman–Crippen LogP) is 1.19. The van der Waals surface area contributed by atoms with Crippen LogP contribution in [0.25, 0.3) is 10.9 Å². The lowest BCUT2D eigenvalue weighted by Gasteiger charge is -2.35. The monoisotopic (exact) mass is 412 g/mol. The van der Waals surface area contributed by atoms with E-state index in [-0.39, 0.29) is 23.5 Å². The Hall–Kier alpha value is -3.89. The van der Waals surface area contributed by atoms with Crippen LogP contribution in [-0.2, 0) is 11.3 Å². The largest absolute Gasteiger partial charge is 0.353 e. The molecular formula is C19H17FN6O4. The number of rotatable bonds is 4. The average molecular weight is 412 g/mol. The molecule has 0 radical (unpaired) electrons. The summed E-state index contributed by atoms with van der Waals surface area (Å²) in [5.74, 6) is -0.183. The average Bonchev–Trinajstić information content (AvgIpc) is 2.76. The Bertz CT molecular complexity index is 1170. The van der Waals surface area contributed by atoms with Crippen LogP contribution in [0.3, 0.4) is 0 Å². The molecule has 0 atom stereocenters. The van der Waals surface area contributed by atoms with Crippen molar-refractivity contribution in [2.75, 3.05) is 31.1 Å². The molecule has 1 aliphatic rings. The molecule has 1 fully saturated rings. The number of hydrogen-bond acceptors (Lipinski definition) is 7. The van der Waals surface area contributed by atoms with Gasteiger partial charge in [0.2, 0.25) is 5.91 Å². The summed E-state index contributed by atoms with van der Waals surface area (Å²) >= 11 is 0. The van der Waals surface area contributed by atoms with Crippen LogP contribution in [0.4, 0.5) is 15.9 Å². The predicted molar refractivity (Wildman–Crippen MR) is 106 cm³/mol. The van der Waals surface area contributed by atoms with Crippen molar-refractivity contribution >= 4 is 28.3 Å². The maximum atomic E-state index is 13.4. The van der Waals surface area contributed by atoms with Gasteiger partial charge in [0.25, 0.3) is 11.2 Å². The first-order valence-electron chi connectivity index (χ1n) is 9.20. The first-order valence-corrected chi connectivity index (χ1v) is 9.20. The Morgan fingerprint density at radius 3 is 2.57 bits per heavy atom. The molecule has 0 saturated carbocycles. The van der Waals surface area contributed by atoms with E-state index in [0.29, 0.717) is 37.5 Å². The molecule has 0 unspecified atom stereocenters. The molecule has 4 rings (SSSR count).